The number of H-pyrrole nitrogens is 1. The molecular weight excluding hydrogens is 491 g/mol. The van der Waals surface area contributed by atoms with Crippen LogP contribution in [0.15, 0.2) is 30.5 Å². The van der Waals surface area contributed by atoms with Gasteiger partial charge in [0.05, 0.1) is 28.5 Å². The maximum absolute atomic E-state index is 13.5. The van der Waals surface area contributed by atoms with E-state index in [-0.39, 0.29) is 10.4 Å². The number of aromatic amines is 1. The summed E-state index contributed by atoms with van der Waals surface area (Å²) in [6.45, 7) is 14.6. The van der Waals surface area contributed by atoms with Crippen molar-refractivity contribution in [1.82, 2.24) is 15.0 Å². The fourth-order valence-electron chi connectivity index (χ4n) is 4.56. The predicted molar refractivity (Wildman–Crippen MR) is 148 cm³/mol. The molecule has 0 aliphatic heterocycles. The number of nitrogens with zero attached hydrogens (tertiary/aromatic N) is 2. The molecule has 2 N–H and O–H groups in total. The zero-order valence-corrected chi connectivity index (χ0v) is 23.2. The van der Waals surface area contributed by atoms with Crippen LogP contribution in [0.3, 0.4) is 0 Å². The SMILES string of the molecule is CC(C)S(COCCc1nc2nccc(C(S)Nc3ccc(F)c(Cl)c3)c2[nH]1)(C(C)C)C(C)C. The van der Waals surface area contributed by atoms with Crippen molar-refractivity contribution in [2.45, 2.75) is 69.1 Å². The number of imidazole rings is 1. The van der Waals surface area contributed by atoms with Crippen LogP contribution in [0.25, 0.3) is 11.2 Å². The first-order chi connectivity index (χ1) is 16.1. The van der Waals surface area contributed by atoms with Crippen LogP contribution in [-0.2, 0) is 11.2 Å². The van der Waals surface area contributed by atoms with Gasteiger partial charge in [-0.15, -0.1) is 12.6 Å². The highest BCUT2D eigenvalue weighted by atomic mass is 35.5. The summed E-state index contributed by atoms with van der Waals surface area (Å²) in [5.74, 6) is 1.19. The van der Waals surface area contributed by atoms with E-state index in [1.165, 1.54) is 6.07 Å². The van der Waals surface area contributed by atoms with Crippen molar-refractivity contribution in [3.8, 4) is 0 Å². The van der Waals surface area contributed by atoms with Crippen LogP contribution in [0.1, 0.15) is 58.3 Å². The highest BCUT2D eigenvalue weighted by molar-refractivity contribution is 8.34. The van der Waals surface area contributed by atoms with Gasteiger partial charge in [0.25, 0.3) is 0 Å². The van der Waals surface area contributed by atoms with Crippen LogP contribution in [0, 0.1) is 5.82 Å². The summed E-state index contributed by atoms with van der Waals surface area (Å²) in [6.07, 6.45) is 2.39. The molecule has 0 saturated carbocycles. The average molecular weight is 527 g/mol. The third kappa shape index (κ3) is 5.83. The minimum Gasteiger partial charge on any atom is -0.372 e. The zero-order chi connectivity index (χ0) is 25.0. The van der Waals surface area contributed by atoms with Gasteiger partial charge >= 0.3 is 0 Å². The Balaban J connectivity index is 1.69. The third-order valence-electron chi connectivity index (χ3n) is 6.39. The molecular formula is C25H36ClFN4OS2. The molecule has 0 amide bonds. The van der Waals surface area contributed by atoms with Gasteiger partial charge < -0.3 is 15.0 Å². The minimum absolute atomic E-state index is 0.0625. The molecule has 2 heterocycles. The first-order valence-corrected chi connectivity index (χ1v) is 14.5. The number of pyridine rings is 1. The summed E-state index contributed by atoms with van der Waals surface area (Å²) >= 11 is 10.6. The summed E-state index contributed by atoms with van der Waals surface area (Å²) in [7, 11) is -0.895. The van der Waals surface area contributed by atoms with Crippen molar-refractivity contribution < 1.29 is 9.13 Å². The predicted octanol–water partition coefficient (Wildman–Crippen LogP) is 7.34. The number of halogens is 2. The van der Waals surface area contributed by atoms with Crippen LogP contribution >= 0.6 is 34.3 Å². The lowest BCUT2D eigenvalue weighted by Crippen LogP contribution is -2.32. The Morgan fingerprint density at radius 1 is 1.12 bits per heavy atom. The van der Waals surface area contributed by atoms with Crippen molar-refractivity contribution in [2.75, 3.05) is 17.9 Å². The smallest absolute Gasteiger partial charge is 0.178 e. The summed E-state index contributed by atoms with van der Waals surface area (Å²) in [5, 5.41) is 4.79. The monoisotopic (exact) mass is 526 g/mol. The maximum atomic E-state index is 13.5. The minimum atomic E-state index is -0.895. The van der Waals surface area contributed by atoms with Gasteiger partial charge in [-0.2, -0.15) is 0 Å². The Bertz CT molecular complexity index is 1080. The van der Waals surface area contributed by atoms with Crippen molar-refractivity contribution in [3.05, 3.63) is 52.7 Å². The Kier molecular flexibility index (Phi) is 9.17. The normalized spacial score (nSPS) is 13.9. The molecule has 2 aromatic heterocycles. The number of fused-ring (bicyclic) bond motifs is 1. The molecule has 0 radical (unpaired) electrons. The van der Waals surface area contributed by atoms with Crippen LogP contribution in [0.5, 0.6) is 0 Å². The summed E-state index contributed by atoms with van der Waals surface area (Å²) in [5.41, 5.74) is 3.04. The van der Waals surface area contributed by atoms with Gasteiger partial charge in [0.2, 0.25) is 0 Å². The fourth-order valence-corrected chi connectivity index (χ4v) is 9.59. The Hall–Kier alpha value is -1.48. The molecule has 0 aliphatic carbocycles. The summed E-state index contributed by atoms with van der Waals surface area (Å²) in [6, 6.07) is 6.39. The molecule has 0 bridgehead atoms. The topological polar surface area (TPSA) is 62.8 Å². The molecule has 1 atom stereocenters. The van der Waals surface area contributed by atoms with Crippen LogP contribution in [0.2, 0.25) is 5.02 Å². The number of anilines is 1. The van der Waals surface area contributed by atoms with Gasteiger partial charge in [0.1, 0.15) is 11.6 Å². The lowest BCUT2D eigenvalue weighted by molar-refractivity contribution is 0.181. The molecule has 1 aromatic carbocycles. The molecule has 0 fully saturated rings. The Labute approximate surface area is 214 Å². The maximum Gasteiger partial charge on any atom is 0.178 e. The van der Waals surface area contributed by atoms with Crippen LogP contribution < -0.4 is 5.32 Å². The molecule has 34 heavy (non-hydrogen) atoms. The summed E-state index contributed by atoms with van der Waals surface area (Å²) in [4.78, 5) is 12.5. The lowest BCUT2D eigenvalue weighted by atomic mass is 10.2. The molecule has 9 heteroatoms. The van der Waals surface area contributed by atoms with Crippen molar-refractivity contribution in [1.29, 1.82) is 0 Å². The van der Waals surface area contributed by atoms with E-state index in [4.69, 9.17) is 29.0 Å². The molecule has 1 unspecified atom stereocenters. The second-order valence-electron chi connectivity index (χ2n) is 9.29. The molecule has 3 aromatic rings. The van der Waals surface area contributed by atoms with E-state index in [0.717, 1.165) is 22.8 Å². The van der Waals surface area contributed by atoms with Gasteiger partial charge in [-0.05, 0) is 40.0 Å². The fraction of sp³-hybridized carbons (Fsp3) is 0.520. The molecule has 0 saturated heterocycles. The largest absolute Gasteiger partial charge is 0.372 e. The Morgan fingerprint density at radius 3 is 2.41 bits per heavy atom. The number of rotatable bonds is 11. The van der Waals surface area contributed by atoms with Gasteiger partial charge in [-0.3, -0.25) is 0 Å². The highest BCUT2D eigenvalue weighted by Crippen LogP contribution is 2.60. The number of benzene rings is 1. The van der Waals surface area contributed by atoms with Crippen LogP contribution in [0.4, 0.5) is 10.1 Å². The molecule has 0 spiro atoms. The number of hydrogen-bond donors (Lipinski definition) is 3. The van der Waals surface area contributed by atoms with Gasteiger partial charge in [-0.25, -0.2) is 24.4 Å². The van der Waals surface area contributed by atoms with E-state index < -0.39 is 15.8 Å². The van der Waals surface area contributed by atoms with E-state index in [1.807, 2.05) is 6.07 Å². The van der Waals surface area contributed by atoms with E-state index >= 15 is 0 Å². The Morgan fingerprint density at radius 2 is 1.79 bits per heavy atom. The standard InChI is InChI=1S/C25H36ClFN4OS2/c1-15(2)34(16(3)4,17(5)6)14-32-12-10-22-30-23-19(9-11-28-24(23)31-22)25(33)29-18-7-8-21(27)20(26)13-18/h7-9,11,13,15-17,25,29,33H,10,12,14H2,1-6H3,(H,28,30,31). The van der Waals surface area contributed by atoms with E-state index in [2.05, 4.69) is 61.8 Å². The van der Waals surface area contributed by atoms with Gasteiger partial charge in [-0.1, -0.05) is 53.1 Å². The number of nitrogens with one attached hydrogen (secondary N) is 2. The molecule has 0 aliphatic rings. The second-order valence-corrected chi connectivity index (χ2v) is 15.1. The van der Waals surface area contributed by atoms with Crippen LogP contribution in [-0.4, -0.2) is 43.2 Å². The third-order valence-corrected chi connectivity index (χ3v) is 12.9. The van der Waals surface area contributed by atoms with E-state index in [9.17, 15) is 4.39 Å². The van der Waals surface area contributed by atoms with Crippen molar-refractivity contribution in [3.63, 3.8) is 0 Å². The molecule has 5 nitrogen and oxygen atoms in total. The highest BCUT2D eigenvalue weighted by Gasteiger charge is 2.34. The number of hydrogen-bond acceptors (Lipinski definition) is 5. The quantitative estimate of drug-likeness (QED) is 0.139. The van der Waals surface area contributed by atoms with Crippen molar-refractivity contribution >= 4 is 51.1 Å². The first-order valence-electron chi connectivity index (χ1n) is 11.6. The van der Waals surface area contributed by atoms with Gasteiger partial charge in [0, 0.05) is 23.9 Å². The molecule has 3 rings (SSSR count). The van der Waals surface area contributed by atoms with Gasteiger partial charge in [0.15, 0.2) is 5.65 Å². The van der Waals surface area contributed by atoms with Crippen molar-refractivity contribution in [2.24, 2.45) is 0 Å². The second kappa shape index (κ2) is 11.5. The number of aromatic nitrogens is 3. The number of thiol groups is 1. The van der Waals surface area contributed by atoms with E-state index in [1.54, 1.807) is 18.3 Å². The number of ether oxygens (including phenoxy) is 1. The summed E-state index contributed by atoms with van der Waals surface area (Å²) < 4.78 is 19.7. The molecule has 188 valence electrons. The lowest BCUT2D eigenvalue weighted by Gasteiger charge is -2.50. The first kappa shape index (κ1) is 27.1. The average Bonchev–Trinajstić information content (AvgIpc) is 3.18. The zero-order valence-electron chi connectivity index (χ0n) is 20.7. The van der Waals surface area contributed by atoms with E-state index in [0.29, 0.717) is 40.1 Å².